The van der Waals surface area contributed by atoms with Crippen LogP contribution >= 0.6 is 0 Å². The van der Waals surface area contributed by atoms with Gasteiger partial charge in [0.1, 0.15) is 11.9 Å². The number of rotatable bonds is 6. The fourth-order valence-electron chi connectivity index (χ4n) is 2.78. The number of hydrogen-bond acceptors (Lipinski definition) is 4. The fraction of sp³-hybridized carbons (Fsp3) is 0.263. The Balaban J connectivity index is 1.65. The molecule has 5 heteroatoms. The van der Waals surface area contributed by atoms with Crippen LogP contribution in [0.25, 0.3) is 0 Å². The lowest BCUT2D eigenvalue weighted by molar-refractivity contribution is 0.0957. The van der Waals surface area contributed by atoms with Gasteiger partial charge in [-0.25, -0.2) is 4.98 Å². The van der Waals surface area contributed by atoms with Crippen LogP contribution in [0.1, 0.15) is 28.4 Å². The van der Waals surface area contributed by atoms with E-state index in [2.05, 4.69) is 34.3 Å². The smallest absolute Gasteiger partial charge is 0.253 e. The summed E-state index contributed by atoms with van der Waals surface area (Å²) in [7, 11) is 0. The van der Waals surface area contributed by atoms with E-state index in [0.29, 0.717) is 12.1 Å². The zero-order valence-electron chi connectivity index (χ0n) is 13.4. The van der Waals surface area contributed by atoms with Crippen LogP contribution in [0.5, 0.6) is 0 Å². The van der Waals surface area contributed by atoms with Crippen molar-refractivity contribution in [3.05, 3.63) is 72.4 Å². The third-order valence-corrected chi connectivity index (χ3v) is 3.99. The van der Waals surface area contributed by atoms with Crippen molar-refractivity contribution in [2.75, 3.05) is 18.5 Å². The minimum Gasteiger partial charge on any atom is -0.371 e. The van der Waals surface area contributed by atoms with Crippen LogP contribution in [-0.4, -0.2) is 30.1 Å². The summed E-state index contributed by atoms with van der Waals surface area (Å²) >= 11 is 0. The van der Waals surface area contributed by atoms with Gasteiger partial charge < -0.3 is 15.4 Å². The molecule has 2 heterocycles. The molecule has 2 aromatic rings. The number of ether oxygens (including phenoxy) is 1. The molecule has 1 amide bonds. The maximum Gasteiger partial charge on any atom is 0.253 e. The number of amides is 1. The first-order valence-electron chi connectivity index (χ1n) is 8.06. The van der Waals surface area contributed by atoms with Crippen LogP contribution in [0, 0.1) is 0 Å². The number of hydrogen-bond donors (Lipinski definition) is 2. The quantitative estimate of drug-likeness (QED) is 0.802. The van der Waals surface area contributed by atoms with E-state index in [4.69, 9.17) is 4.74 Å². The Labute approximate surface area is 141 Å². The topological polar surface area (TPSA) is 63.2 Å². The van der Waals surface area contributed by atoms with Crippen LogP contribution < -0.4 is 10.6 Å². The van der Waals surface area contributed by atoms with Gasteiger partial charge in [-0.3, -0.25) is 4.79 Å². The zero-order chi connectivity index (χ0) is 16.8. The van der Waals surface area contributed by atoms with Crippen molar-refractivity contribution in [1.29, 1.82) is 0 Å². The minimum atomic E-state index is -0.152. The second-order valence-corrected chi connectivity index (χ2v) is 5.67. The molecule has 1 aromatic carbocycles. The van der Waals surface area contributed by atoms with Gasteiger partial charge in [-0.1, -0.05) is 36.4 Å². The van der Waals surface area contributed by atoms with Gasteiger partial charge in [0.2, 0.25) is 0 Å². The molecule has 0 aliphatic carbocycles. The average molecular weight is 323 g/mol. The number of nitrogens with one attached hydrogen (secondary N) is 2. The average Bonchev–Trinajstić information content (AvgIpc) is 3.09. The molecular formula is C19H21N3O2. The summed E-state index contributed by atoms with van der Waals surface area (Å²) in [5.74, 6) is 0.590. The molecule has 1 aliphatic rings. The van der Waals surface area contributed by atoms with Crippen molar-refractivity contribution in [1.82, 2.24) is 10.3 Å². The highest BCUT2D eigenvalue weighted by atomic mass is 16.5. The van der Waals surface area contributed by atoms with Gasteiger partial charge in [-0.2, -0.15) is 0 Å². The second kappa shape index (κ2) is 7.75. The Hall–Kier alpha value is -2.66. The lowest BCUT2D eigenvalue weighted by Gasteiger charge is -2.20. The molecule has 1 saturated heterocycles. The monoisotopic (exact) mass is 323 g/mol. The Kier molecular flexibility index (Phi) is 5.23. The summed E-state index contributed by atoms with van der Waals surface area (Å²) in [6.07, 6.45) is 4.16. The van der Waals surface area contributed by atoms with E-state index >= 15 is 0 Å². The molecular weight excluding hydrogens is 302 g/mol. The first kappa shape index (κ1) is 16.2. The third-order valence-electron chi connectivity index (χ3n) is 3.99. The van der Waals surface area contributed by atoms with E-state index in [9.17, 15) is 4.79 Å². The summed E-state index contributed by atoms with van der Waals surface area (Å²) in [4.78, 5) is 16.2. The first-order valence-corrected chi connectivity index (χ1v) is 8.06. The van der Waals surface area contributed by atoms with E-state index < -0.39 is 0 Å². The maximum absolute atomic E-state index is 11.9. The molecule has 0 unspecified atom stereocenters. The number of pyridine rings is 1. The largest absolute Gasteiger partial charge is 0.371 e. The molecule has 0 spiro atoms. The summed E-state index contributed by atoms with van der Waals surface area (Å²) in [6.45, 7) is 4.74. The Morgan fingerprint density at radius 3 is 2.83 bits per heavy atom. The van der Waals surface area contributed by atoms with E-state index in [-0.39, 0.29) is 18.1 Å². The molecule has 24 heavy (non-hydrogen) atoms. The van der Waals surface area contributed by atoms with E-state index in [1.807, 2.05) is 24.3 Å². The predicted molar refractivity (Wildman–Crippen MR) is 93.9 cm³/mol. The van der Waals surface area contributed by atoms with Crippen LogP contribution in [0.2, 0.25) is 0 Å². The van der Waals surface area contributed by atoms with Gasteiger partial charge in [0.25, 0.3) is 5.91 Å². The Morgan fingerprint density at radius 1 is 1.29 bits per heavy atom. The molecule has 1 aliphatic heterocycles. The summed E-state index contributed by atoms with van der Waals surface area (Å²) in [6, 6.07) is 13.9. The van der Waals surface area contributed by atoms with E-state index in [1.165, 1.54) is 0 Å². The van der Waals surface area contributed by atoms with Crippen LogP contribution in [0.15, 0.2) is 61.3 Å². The van der Waals surface area contributed by atoms with E-state index in [1.54, 1.807) is 18.3 Å². The highest BCUT2D eigenvalue weighted by Crippen LogP contribution is 2.30. The number of nitrogens with zero attached hydrogens (tertiary/aromatic N) is 1. The standard InChI is InChI=1S/C19H21N3O2/c1-2-11-20-19(23)15-8-9-17(21-13-15)22-16-10-12-24-18(16)14-6-4-3-5-7-14/h2-9,13,16,18H,1,10-12H2,(H,20,23)(H,21,22)/t16-,18+/m1/s1. The molecule has 5 nitrogen and oxygen atoms in total. The van der Waals surface area contributed by atoms with Crippen molar-refractivity contribution >= 4 is 11.7 Å². The molecule has 0 bridgehead atoms. The summed E-state index contributed by atoms with van der Waals surface area (Å²) in [5, 5.41) is 6.15. The van der Waals surface area contributed by atoms with Gasteiger partial charge >= 0.3 is 0 Å². The highest BCUT2D eigenvalue weighted by Gasteiger charge is 2.29. The summed E-state index contributed by atoms with van der Waals surface area (Å²) in [5.41, 5.74) is 1.69. The van der Waals surface area contributed by atoms with Crippen LogP contribution in [0.4, 0.5) is 5.82 Å². The van der Waals surface area contributed by atoms with Gasteiger partial charge in [0.15, 0.2) is 0 Å². The van der Waals surface area contributed by atoms with Crippen molar-refractivity contribution in [2.24, 2.45) is 0 Å². The molecule has 3 rings (SSSR count). The van der Waals surface area contributed by atoms with E-state index in [0.717, 1.165) is 24.4 Å². The number of carbonyl (C=O) groups is 1. The van der Waals surface area contributed by atoms with Crippen LogP contribution in [-0.2, 0) is 4.74 Å². The number of anilines is 1. The van der Waals surface area contributed by atoms with Crippen molar-refractivity contribution in [3.63, 3.8) is 0 Å². The molecule has 0 radical (unpaired) electrons. The maximum atomic E-state index is 11.9. The normalized spacial score (nSPS) is 19.7. The van der Waals surface area contributed by atoms with Crippen molar-refractivity contribution < 1.29 is 9.53 Å². The number of carbonyl (C=O) groups excluding carboxylic acids is 1. The molecule has 2 N–H and O–H groups in total. The molecule has 2 atom stereocenters. The molecule has 124 valence electrons. The van der Waals surface area contributed by atoms with Gasteiger partial charge in [-0.05, 0) is 24.1 Å². The Morgan fingerprint density at radius 2 is 2.12 bits per heavy atom. The fourth-order valence-corrected chi connectivity index (χ4v) is 2.78. The number of aromatic nitrogens is 1. The van der Waals surface area contributed by atoms with Crippen molar-refractivity contribution in [2.45, 2.75) is 18.6 Å². The van der Waals surface area contributed by atoms with Crippen molar-refractivity contribution in [3.8, 4) is 0 Å². The highest BCUT2D eigenvalue weighted by molar-refractivity contribution is 5.94. The first-order chi connectivity index (χ1) is 11.8. The lowest BCUT2D eigenvalue weighted by atomic mass is 10.0. The lowest BCUT2D eigenvalue weighted by Crippen LogP contribution is -2.25. The van der Waals surface area contributed by atoms with Crippen LogP contribution in [0.3, 0.4) is 0 Å². The second-order valence-electron chi connectivity index (χ2n) is 5.67. The predicted octanol–water partition coefficient (Wildman–Crippen LogP) is 2.94. The Bertz CT molecular complexity index is 686. The molecule has 0 saturated carbocycles. The van der Waals surface area contributed by atoms with Gasteiger partial charge in [0.05, 0.1) is 11.6 Å². The number of benzene rings is 1. The molecule has 1 aromatic heterocycles. The van der Waals surface area contributed by atoms with Gasteiger partial charge in [0, 0.05) is 19.3 Å². The summed E-state index contributed by atoms with van der Waals surface area (Å²) < 4.78 is 5.87. The zero-order valence-corrected chi connectivity index (χ0v) is 13.4. The minimum absolute atomic E-state index is 0.0172. The third kappa shape index (κ3) is 3.81. The SMILES string of the molecule is C=CCNC(=O)c1ccc(N[C@@H]2CCO[C@H]2c2ccccc2)nc1. The van der Waals surface area contributed by atoms with Gasteiger partial charge in [-0.15, -0.1) is 6.58 Å². The molecule has 1 fully saturated rings.